The lowest BCUT2D eigenvalue weighted by molar-refractivity contribution is 0.0591. The molecule has 0 unspecified atom stereocenters. The first-order chi connectivity index (χ1) is 21.5. The van der Waals surface area contributed by atoms with Gasteiger partial charge in [-0.05, 0) is 84.6 Å². The van der Waals surface area contributed by atoms with Crippen molar-refractivity contribution in [3.05, 3.63) is 100 Å². The quantitative estimate of drug-likeness (QED) is 0.132. The van der Waals surface area contributed by atoms with E-state index in [9.17, 15) is 18.0 Å². The molecule has 12 heteroatoms. The van der Waals surface area contributed by atoms with Crippen LogP contribution < -0.4 is 29.7 Å². The van der Waals surface area contributed by atoms with E-state index in [1.54, 1.807) is 48.5 Å². The molecular weight excluding hydrogens is 600 g/mol. The summed E-state index contributed by atoms with van der Waals surface area (Å²) in [5, 5.41) is 0.362. The average Bonchev–Trinajstić information content (AvgIpc) is 3.04. The van der Waals surface area contributed by atoms with Crippen LogP contribution in [0, 0.1) is 6.92 Å². The Balaban J connectivity index is 1.87. The smallest absolute Gasteiger partial charge is 0.355 e. The van der Waals surface area contributed by atoms with Crippen molar-refractivity contribution in [3.63, 3.8) is 0 Å². The Morgan fingerprint density at radius 3 is 1.96 bits per heavy atom. The van der Waals surface area contributed by atoms with Crippen LogP contribution in [0.2, 0.25) is 0 Å². The second kappa shape index (κ2) is 12.2. The van der Waals surface area contributed by atoms with Crippen LogP contribution >= 0.6 is 0 Å². The zero-order chi connectivity index (χ0) is 32.5. The lowest BCUT2D eigenvalue weighted by Crippen LogP contribution is -2.27. The lowest BCUT2D eigenvalue weighted by atomic mass is 9.95. The summed E-state index contributed by atoms with van der Waals surface area (Å²) < 4.78 is 54.6. The van der Waals surface area contributed by atoms with Crippen LogP contribution in [-0.4, -0.2) is 47.4 Å². The third-order valence-corrected chi connectivity index (χ3v) is 8.41. The first-order valence-electron chi connectivity index (χ1n) is 13.5. The molecule has 4 aromatic carbocycles. The number of esters is 1. The van der Waals surface area contributed by atoms with Gasteiger partial charge in [-0.3, -0.25) is 9.36 Å². The lowest BCUT2D eigenvalue weighted by Gasteiger charge is -2.21. The number of rotatable bonds is 9. The molecule has 1 aromatic heterocycles. The van der Waals surface area contributed by atoms with E-state index in [1.165, 1.54) is 63.3 Å². The zero-order valence-electron chi connectivity index (χ0n) is 25.1. The van der Waals surface area contributed by atoms with Crippen LogP contribution in [0.15, 0.2) is 88.6 Å². The van der Waals surface area contributed by atoms with Gasteiger partial charge in [-0.2, -0.15) is 8.42 Å². The third kappa shape index (κ3) is 5.75. The van der Waals surface area contributed by atoms with Gasteiger partial charge >= 0.3 is 16.1 Å². The first-order valence-corrected chi connectivity index (χ1v) is 14.9. The van der Waals surface area contributed by atoms with Crippen molar-refractivity contribution >= 4 is 32.5 Å². The molecule has 0 fully saturated rings. The van der Waals surface area contributed by atoms with E-state index < -0.39 is 21.6 Å². The number of methoxy groups -OCH3 is 4. The number of pyridine rings is 1. The van der Waals surface area contributed by atoms with Gasteiger partial charge in [0.1, 0.15) is 16.3 Å². The van der Waals surface area contributed by atoms with Crippen molar-refractivity contribution in [2.24, 2.45) is 0 Å². The average molecular weight is 631 g/mol. The number of hydrogen-bond acceptors (Lipinski definition) is 10. The van der Waals surface area contributed by atoms with Crippen LogP contribution in [0.4, 0.5) is 5.69 Å². The van der Waals surface area contributed by atoms with Crippen molar-refractivity contribution in [3.8, 4) is 39.8 Å². The molecule has 0 saturated heterocycles. The number of anilines is 1. The molecule has 232 valence electrons. The minimum atomic E-state index is -4.24. The SMILES string of the molecule is COC(=O)c1c(-c2cc(OC)c(OC)c(OC)c2)c2ccc(OS(=O)(=O)c3ccc(C)cc3)cc2c(=O)n1-c1ccc(N)cc1. The summed E-state index contributed by atoms with van der Waals surface area (Å²) in [6.45, 7) is 1.83. The Labute approximate surface area is 259 Å². The molecule has 1 heterocycles. The molecule has 0 spiro atoms. The minimum absolute atomic E-state index is 0.0494. The monoisotopic (exact) mass is 630 g/mol. The summed E-state index contributed by atoms with van der Waals surface area (Å²) in [7, 11) is 1.33. The highest BCUT2D eigenvalue weighted by atomic mass is 32.2. The largest absolute Gasteiger partial charge is 0.493 e. The van der Waals surface area contributed by atoms with Crippen molar-refractivity contribution in [2.45, 2.75) is 11.8 Å². The Bertz CT molecular complexity index is 2060. The van der Waals surface area contributed by atoms with Crippen molar-refractivity contribution < 1.29 is 36.3 Å². The van der Waals surface area contributed by atoms with Gasteiger partial charge in [-0.15, -0.1) is 0 Å². The molecule has 0 aliphatic rings. The van der Waals surface area contributed by atoms with Crippen molar-refractivity contribution in [1.82, 2.24) is 4.57 Å². The maximum Gasteiger partial charge on any atom is 0.355 e. The number of fused-ring (bicyclic) bond motifs is 1. The maximum atomic E-state index is 14.3. The topological polar surface area (TPSA) is 145 Å². The van der Waals surface area contributed by atoms with Crippen LogP contribution in [0.1, 0.15) is 16.1 Å². The number of benzene rings is 4. The summed E-state index contributed by atoms with van der Waals surface area (Å²) in [4.78, 5) is 27.7. The fraction of sp³-hybridized carbons (Fsp3) is 0.152. The van der Waals surface area contributed by atoms with E-state index in [0.717, 1.165) is 5.56 Å². The van der Waals surface area contributed by atoms with Crippen LogP contribution in [0.3, 0.4) is 0 Å². The summed E-state index contributed by atoms with van der Waals surface area (Å²) in [6.07, 6.45) is 0. The predicted octanol–water partition coefficient (Wildman–Crippen LogP) is 5.13. The Hall–Kier alpha value is -5.49. The highest BCUT2D eigenvalue weighted by molar-refractivity contribution is 7.87. The standard InChI is InChI=1S/C33H30N2O9S/c1-19-6-13-24(14-7-19)45(38,39)44-23-12-15-25-26(18-23)32(36)35(22-10-8-21(34)9-11-22)30(33(37)43-5)29(25)20-16-27(40-2)31(42-4)28(17-20)41-3/h6-18H,34H2,1-5H3. The number of aromatic nitrogens is 1. The second-order valence-electron chi connectivity index (χ2n) is 9.92. The van der Waals surface area contributed by atoms with Crippen molar-refractivity contribution in [2.75, 3.05) is 34.2 Å². The molecule has 45 heavy (non-hydrogen) atoms. The fourth-order valence-electron chi connectivity index (χ4n) is 4.99. The molecule has 0 saturated carbocycles. The number of aryl methyl sites for hydroxylation is 1. The van der Waals surface area contributed by atoms with E-state index in [4.69, 9.17) is 28.9 Å². The molecular formula is C33H30N2O9S. The summed E-state index contributed by atoms with van der Waals surface area (Å²) >= 11 is 0. The van der Waals surface area contributed by atoms with E-state index >= 15 is 0 Å². The molecule has 0 bridgehead atoms. The highest BCUT2D eigenvalue weighted by Crippen LogP contribution is 2.44. The molecule has 5 aromatic rings. The number of nitrogens with two attached hydrogens (primary N) is 1. The zero-order valence-corrected chi connectivity index (χ0v) is 25.9. The van der Waals surface area contributed by atoms with E-state index in [2.05, 4.69) is 0 Å². The van der Waals surface area contributed by atoms with Crippen LogP contribution in [0.5, 0.6) is 23.0 Å². The molecule has 5 rings (SSSR count). The van der Waals surface area contributed by atoms with Gasteiger partial charge in [0, 0.05) is 16.9 Å². The van der Waals surface area contributed by atoms with Crippen LogP contribution in [0.25, 0.3) is 27.6 Å². The summed E-state index contributed by atoms with van der Waals surface area (Å²) in [5.41, 5.74) is 7.50. The molecule has 0 radical (unpaired) electrons. The van der Waals surface area contributed by atoms with E-state index in [1.807, 2.05) is 6.92 Å². The Morgan fingerprint density at radius 2 is 1.40 bits per heavy atom. The van der Waals surface area contributed by atoms with E-state index in [0.29, 0.717) is 39.6 Å². The fourth-order valence-corrected chi connectivity index (χ4v) is 5.91. The molecule has 0 atom stereocenters. The van der Waals surface area contributed by atoms with Gasteiger partial charge in [0.2, 0.25) is 5.75 Å². The minimum Gasteiger partial charge on any atom is -0.493 e. The van der Waals surface area contributed by atoms with E-state index in [-0.39, 0.29) is 27.3 Å². The van der Waals surface area contributed by atoms with Gasteiger partial charge in [-0.25, -0.2) is 4.79 Å². The number of carbonyl (C=O) groups is 1. The number of ether oxygens (including phenoxy) is 4. The Kier molecular flexibility index (Phi) is 8.42. The number of carbonyl (C=O) groups excluding carboxylic acids is 1. The molecule has 2 N–H and O–H groups in total. The number of nitrogens with zero attached hydrogens (tertiary/aromatic N) is 1. The molecule has 0 aliphatic carbocycles. The van der Waals surface area contributed by atoms with Gasteiger partial charge in [0.15, 0.2) is 11.5 Å². The third-order valence-electron chi connectivity index (χ3n) is 7.15. The number of hydrogen-bond donors (Lipinski definition) is 1. The van der Waals surface area contributed by atoms with Crippen molar-refractivity contribution in [1.29, 1.82) is 0 Å². The first kappa shape index (κ1) is 31.0. The Morgan fingerprint density at radius 1 is 0.778 bits per heavy atom. The predicted molar refractivity (Wildman–Crippen MR) is 169 cm³/mol. The van der Waals surface area contributed by atoms with Gasteiger partial charge in [0.25, 0.3) is 5.56 Å². The summed E-state index contributed by atoms with van der Waals surface area (Å²) in [6, 6.07) is 20.0. The summed E-state index contributed by atoms with van der Waals surface area (Å²) in [5.74, 6) is -0.00513. The second-order valence-corrected chi connectivity index (χ2v) is 11.5. The van der Waals surface area contributed by atoms with Crippen LogP contribution in [-0.2, 0) is 14.9 Å². The molecule has 0 amide bonds. The number of nitrogen functional groups attached to an aromatic ring is 1. The van der Waals surface area contributed by atoms with Gasteiger partial charge in [-0.1, -0.05) is 17.7 Å². The highest BCUT2D eigenvalue weighted by Gasteiger charge is 2.28. The van der Waals surface area contributed by atoms with Gasteiger partial charge in [0.05, 0.1) is 33.8 Å². The molecule has 0 aliphatic heterocycles. The normalized spacial score (nSPS) is 11.2. The molecule has 11 nitrogen and oxygen atoms in total. The maximum absolute atomic E-state index is 14.3. The van der Waals surface area contributed by atoms with Gasteiger partial charge < -0.3 is 28.9 Å².